The zero-order chi connectivity index (χ0) is 12.9. The summed E-state index contributed by atoms with van der Waals surface area (Å²) in [5, 5.41) is 0. The normalized spacial score (nSPS) is 34.9. The SMILES string of the molecule is C[C@H](CC(=O)N1CC2C(C1)C2(C)C)OC1CCC1. The summed E-state index contributed by atoms with van der Waals surface area (Å²) in [5.74, 6) is 1.80. The summed E-state index contributed by atoms with van der Waals surface area (Å²) < 4.78 is 5.85. The van der Waals surface area contributed by atoms with Crippen LogP contribution in [-0.2, 0) is 9.53 Å². The number of carbonyl (C=O) groups is 1. The van der Waals surface area contributed by atoms with Crippen LogP contribution >= 0.6 is 0 Å². The molecule has 1 amide bonds. The molecule has 3 rings (SSSR count). The number of likely N-dealkylation sites (tertiary alicyclic amines) is 1. The Bertz CT molecular complexity index is 334. The minimum absolute atomic E-state index is 0.0905. The molecule has 0 bridgehead atoms. The van der Waals surface area contributed by atoms with E-state index < -0.39 is 0 Å². The predicted molar refractivity (Wildman–Crippen MR) is 70.1 cm³/mol. The quantitative estimate of drug-likeness (QED) is 0.768. The van der Waals surface area contributed by atoms with E-state index in [1.165, 1.54) is 19.3 Å². The van der Waals surface area contributed by atoms with Crippen LogP contribution in [-0.4, -0.2) is 36.1 Å². The molecule has 3 atom stereocenters. The molecule has 0 aromatic heterocycles. The van der Waals surface area contributed by atoms with Gasteiger partial charge in [0, 0.05) is 13.1 Å². The minimum Gasteiger partial charge on any atom is -0.375 e. The molecule has 3 aliphatic rings. The van der Waals surface area contributed by atoms with Crippen molar-refractivity contribution in [3.05, 3.63) is 0 Å². The molecule has 2 aliphatic carbocycles. The van der Waals surface area contributed by atoms with Gasteiger partial charge in [-0.2, -0.15) is 0 Å². The van der Waals surface area contributed by atoms with Crippen LogP contribution in [0.3, 0.4) is 0 Å². The largest absolute Gasteiger partial charge is 0.375 e. The van der Waals surface area contributed by atoms with E-state index in [1.54, 1.807) is 0 Å². The van der Waals surface area contributed by atoms with Gasteiger partial charge >= 0.3 is 0 Å². The first-order valence-corrected chi connectivity index (χ1v) is 7.41. The fourth-order valence-corrected chi connectivity index (χ4v) is 3.59. The van der Waals surface area contributed by atoms with Crippen molar-refractivity contribution in [1.82, 2.24) is 4.90 Å². The zero-order valence-corrected chi connectivity index (χ0v) is 11.8. The topological polar surface area (TPSA) is 29.5 Å². The summed E-state index contributed by atoms with van der Waals surface area (Å²) in [4.78, 5) is 14.2. The number of nitrogens with zero attached hydrogens (tertiary/aromatic N) is 1. The van der Waals surface area contributed by atoms with Gasteiger partial charge in [0.2, 0.25) is 5.91 Å². The molecule has 2 saturated carbocycles. The van der Waals surface area contributed by atoms with Gasteiger partial charge in [0.15, 0.2) is 0 Å². The van der Waals surface area contributed by atoms with Gasteiger partial charge in [0.1, 0.15) is 0 Å². The maximum Gasteiger partial charge on any atom is 0.225 e. The van der Waals surface area contributed by atoms with Crippen molar-refractivity contribution in [2.24, 2.45) is 17.3 Å². The van der Waals surface area contributed by atoms with Gasteiger partial charge in [0.25, 0.3) is 0 Å². The van der Waals surface area contributed by atoms with Crippen molar-refractivity contribution in [2.45, 2.75) is 58.7 Å². The molecule has 3 fully saturated rings. The van der Waals surface area contributed by atoms with Crippen LogP contribution in [0.1, 0.15) is 46.5 Å². The Hall–Kier alpha value is -0.570. The molecule has 1 aliphatic heterocycles. The van der Waals surface area contributed by atoms with Crippen molar-refractivity contribution in [2.75, 3.05) is 13.1 Å². The third-order valence-electron chi connectivity index (χ3n) is 5.41. The summed E-state index contributed by atoms with van der Waals surface area (Å²) in [7, 11) is 0. The number of piperidine rings is 1. The highest BCUT2D eigenvalue weighted by Gasteiger charge is 2.62. The molecule has 0 aromatic carbocycles. The molecule has 3 nitrogen and oxygen atoms in total. The number of hydrogen-bond donors (Lipinski definition) is 0. The average molecular weight is 251 g/mol. The van der Waals surface area contributed by atoms with Crippen molar-refractivity contribution in [1.29, 1.82) is 0 Å². The van der Waals surface area contributed by atoms with Crippen LogP contribution in [0.4, 0.5) is 0 Å². The van der Waals surface area contributed by atoms with E-state index in [2.05, 4.69) is 18.7 Å². The smallest absolute Gasteiger partial charge is 0.225 e. The van der Waals surface area contributed by atoms with Gasteiger partial charge in [-0.15, -0.1) is 0 Å². The summed E-state index contributed by atoms with van der Waals surface area (Å²) in [6.07, 6.45) is 4.74. The molecule has 2 unspecified atom stereocenters. The summed E-state index contributed by atoms with van der Waals surface area (Å²) in [6.45, 7) is 8.65. The van der Waals surface area contributed by atoms with Crippen LogP contribution in [0, 0.1) is 17.3 Å². The monoisotopic (exact) mass is 251 g/mol. The molecule has 0 aromatic rings. The summed E-state index contributed by atoms with van der Waals surface area (Å²) >= 11 is 0. The van der Waals surface area contributed by atoms with Crippen molar-refractivity contribution in [3.8, 4) is 0 Å². The molecular weight excluding hydrogens is 226 g/mol. The van der Waals surface area contributed by atoms with Crippen LogP contribution in [0.25, 0.3) is 0 Å². The Morgan fingerprint density at radius 3 is 2.44 bits per heavy atom. The maximum atomic E-state index is 12.2. The lowest BCUT2D eigenvalue weighted by molar-refractivity contribution is -0.136. The Labute approximate surface area is 110 Å². The zero-order valence-electron chi connectivity index (χ0n) is 11.8. The lowest BCUT2D eigenvalue weighted by Gasteiger charge is -2.30. The first-order valence-electron chi connectivity index (χ1n) is 7.41. The Morgan fingerprint density at radius 1 is 1.33 bits per heavy atom. The molecule has 3 heteroatoms. The Balaban J connectivity index is 1.42. The van der Waals surface area contributed by atoms with Gasteiger partial charge in [-0.1, -0.05) is 13.8 Å². The van der Waals surface area contributed by atoms with Crippen LogP contribution in [0.2, 0.25) is 0 Å². The second-order valence-corrected chi connectivity index (χ2v) is 7.04. The lowest BCUT2D eigenvalue weighted by atomic mass is 9.96. The third kappa shape index (κ3) is 2.07. The number of hydrogen-bond acceptors (Lipinski definition) is 2. The number of fused-ring (bicyclic) bond motifs is 1. The molecule has 0 spiro atoms. The number of amides is 1. The van der Waals surface area contributed by atoms with E-state index in [1.807, 2.05) is 6.92 Å². The van der Waals surface area contributed by atoms with Crippen molar-refractivity contribution < 1.29 is 9.53 Å². The molecule has 18 heavy (non-hydrogen) atoms. The van der Waals surface area contributed by atoms with Gasteiger partial charge < -0.3 is 9.64 Å². The van der Waals surface area contributed by atoms with Gasteiger partial charge in [-0.05, 0) is 43.4 Å². The van der Waals surface area contributed by atoms with E-state index in [9.17, 15) is 4.79 Å². The van der Waals surface area contributed by atoms with E-state index in [0.717, 1.165) is 24.9 Å². The fraction of sp³-hybridized carbons (Fsp3) is 0.933. The second-order valence-electron chi connectivity index (χ2n) is 7.04. The standard InChI is InChI=1S/C15H25NO2/c1-10(18-11-5-4-6-11)7-14(17)16-8-12-13(9-16)15(12,2)3/h10-13H,4-9H2,1-3H3/t10-,12?,13?/m1/s1. The second kappa shape index (κ2) is 4.22. The van der Waals surface area contributed by atoms with Crippen LogP contribution < -0.4 is 0 Å². The fourth-order valence-electron chi connectivity index (χ4n) is 3.59. The molecule has 1 saturated heterocycles. The van der Waals surface area contributed by atoms with Gasteiger partial charge in [0.05, 0.1) is 18.6 Å². The van der Waals surface area contributed by atoms with E-state index >= 15 is 0 Å². The van der Waals surface area contributed by atoms with Crippen molar-refractivity contribution in [3.63, 3.8) is 0 Å². The van der Waals surface area contributed by atoms with E-state index in [0.29, 0.717) is 23.8 Å². The highest BCUT2D eigenvalue weighted by atomic mass is 16.5. The third-order valence-corrected chi connectivity index (χ3v) is 5.41. The maximum absolute atomic E-state index is 12.2. The first kappa shape index (κ1) is 12.5. The van der Waals surface area contributed by atoms with Gasteiger partial charge in [-0.25, -0.2) is 0 Å². The number of rotatable bonds is 4. The highest BCUT2D eigenvalue weighted by Crippen LogP contribution is 2.61. The van der Waals surface area contributed by atoms with E-state index in [4.69, 9.17) is 4.74 Å². The van der Waals surface area contributed by atoms with Crippen LogP contribution in [0.15, 0.2) is 0 Å². The van der Waals surface area contributed by atoms with Crippen LogP contribution in [0.5, 0.6) is 0 Å². The Kier molecular flexibility index (Phi) is 2.92. The van der Waals surface area contributed by atoms with E-state index in [-0.39, 0.29) is 6.10 Å². The molecular formula is C15H25NO2. The van der Waals surface area contributed by atoms with Crippen molar-refractivity contribution >= 4 is 5.91 Å². The highest BCUT2D eigenvalue weighted by molar-refractivity contribution is 5.77. The molecule has 0 N–H and O–H groups in total. The summed E-state index contributed by atoms with van der Waals surface area (Å²) in [6, 6.07) is 0. The molecule has 102 valence electrons. The lowest BCUT2D eigenvalue weighted by Crippen LogP contribution is -2.36. The summed E-state index contributed by atoms with van der Waals surface area (Å²) in [5.41, 5.74) is 0.491. The molecule has 1 heterocycles. The Morgan fingerprint density at radius 2 is 1.94 bits per heavy atom. The predicted octanol–water partition coefficient (Wildman–Crippen LogP) is 2.45. The number of ether oxygens (including phenoxy) is 1. The average Bonchev–Trinajstić information content (AvgIpc) is 2.67. The molecule has 0 radical (unpaired) electrons. The first-order chi connectivity index (χ1) is 8.48. The number of carbonyl (C=O) groups excluding carboxylic acids is 1. The minimum atomic E-state index is 0.0905. The van der Waals surface area contributed by atoms with Gasteiger partial charge in [-0.3, -0.25) is 4.79 Å².